The highest BCUT2D eigenvalue weighted by molar-refractivity contribution is 5.22. The minimum atomic E-state index is -0.798. The molecule has 1 atom stereocenters. The van der Waals surface area contributed by atoms with Crippen molar-refractivity contribution in [2.45, 2.75) is 32.4 Å². The van der Waals surface area contributed by atoms with Crippen molar-refractivity contribution < 1.29 is 8.78 Å². The lowest BCUT2D eigenvalue weighted by Gasteiger charge is -2.15. The van der Waals surface area contributed by atoms with Crippen LogP contribution in [0.3, 0.4) is 0 Å². The summed E-state index contributed by atoms with van der Waals surface area (Å²) in [5.41, 5.74) is 2.05. The lowest BCUT2D eigenvalue weighted by atomic mass is 10.1. The molecule has 1 unspecified atom stereocenters. The molecule has 2 nitrogen and oxygen atoms in total. The van der Waals surface area contributed by atoms with Gasteiger partial charge in [0.15, 0.2) is 11.6 Å². The van der Waals surface area contributed by atoms with Crippen LogP contribution in [-0.2, 0) is 6.54 Å². The first kappa shape index (κ1) is 14.3. The third kappa shape index (κ3) is 3.32. The number of aromatic nitrogens is 1. The SMILES string of the molecule is CCNC(c1ccn(Cc2ccc(F)c(F)c2)c1)C1CC1. The largest absolute Gasteiger partial charge is 0.350 e. The van der Waals surface area contributed by atoms with Crippen LogP contribution >= 0.6 is 0 Å². The molecule has 1 heterocycles. The van der Waals surface area contributed by atoms with E-state index in [4.69, 9.17) is 0 Å². The first-order valence-corrected chi connectivity index (χ1v) is 7.50. The van der Waals surface area contributed by atoms with E-state index in [-0.39, 0.29) is 0 Å². The fourth-order valence-electron chi connectivity index (χ4n) is 2.80. The zero-order valence-corrected chi connectivity index (χ0v) is 12.2. The molecule has 112 valence electrons. The van der Waals surface area contributed by atoms with Crippen molar-refractivity contribution in [1.29, 1.82) is 0 Å². The summed E-state index contributed by atoms with van der Waals surface area (Å²) < 4.78 is 28.2. The summed E-state index contributed by atoms with van der Waals surface area (Å²) >= 11 is 0. The number of nitrogens with one attached hydrogen (secondary N) is 1. The van der Waals surface area contributed by atoms with Crippen molar-refractivity contribution in [3.8, 4) is 0 Å². The Morgan fingerprint density at radius 3 is 2.71 bits per heavy atom. The first-order chi connectivity index (χ1) is 10.2. The Kier molecular flexibility index (Phi) is 4.06. The molecule has 0 aliphatic heterocycles. The topological polar surface area (TPSA) is 17.0 Å². The van der Waals surface area contributed by atoms with Crippen LogP contribution in [0.1, 0.15) is 36.9 Å². The molecule has 0 saturated heterocycles. The van der Waals surface area contributed by atoms with Gasteiger partial charge in [-0.3, -0.25) is 0 Å². The number of halogens is 2. The quantitative estimate of drug-likeness (QED) is 0.854. The monoisotopic (exact) mass is 290 g/mol. The molecule has 1 aromatic heterocycles. The Bertz CT molecular complexity index is 617. The molecule has 3 rings (SSSR count). The Balaban J connectivity index is 1.73. The van der Waals surface area contributed by atoms with Gasteiger partial charge in [-0.25, -0.2) is 8.78 Å². The summed E-state index contributed by atoms with van der Waals surface area (Å²) in [7, 11) is 0. The van der Waals surface area contributed by atoms with E-state index in [1.165, 1.54) is 30.5 Å². The third-order valence-electron chi connectivity index (χ3n) is 4.00. The molecule has 4 heteroatoms. The number of nitrogens with zero attached hydrogens (tertiary/aromatic N) is 1. The van der Waals surface area contributed by atoms with Gasteiger partial charge in [-0.2, -0.15) is 0 Å². The molecule has 1 fully saturated rings. The van der Waals surface area contributed by atoms with E-state index in [9.17, 15) is 8.78 Å². The van der Waals surface area contributed by atoms with Crippen molar-refractivity contribution in [2.24, 2.45) is 5.92 Å². The molecule has 0 spiro atoms. The number of benzene rings is 1. The summed E-state index contributed by atoms with van der Waals surface area (Å²) in [6.07, 6.45) is 6.67. The maximum atomic E-state index is 13.2. The predicted molar refractivity (Wildman–Crippen MR) is 79.0 cm³/mol. The van der Waals surface area contributed by atoms with E-state index < -0.39 is 11.6 Å². The van der Waals surface area contributed by atoms with Crippen molar-refractivity contribution in [1.82, 2.24) is 9.88 Å². The van der Waals surface area contributed by atoms with Gasteiger partial charge >= 0.3 is 0 Å². The molecule has 1 aromatic carbocycles. The van der Waals surface area contributed by atoms with Crippen LogP contribution in [0, 0.1) is 17.6 Å². The smallest absolute Gasteiger partial charge is 0.159 e. The molecule has 1 N–H and O–H groups in total. The second kappa shape index (κ2) is 5.98. The number of rotatable bonds is 6. The van der Waals surface area contributed by atoms with Crippen LogP contribution in [0.15, 0.2) is 36.7 Å². The van der Waals surface area contributed by atoms with E-state index in [0.717, 1.165) is 18.0 Å². The molecule has 1 saturated carbocycles. The van der Waals surface area contributed by atoms with Crippen LogP contribution in [0.4, 0.5) is 8.78 Å². The molecule has 1 aliphatic rings. The fourth-order valence-corrected chi connectivity index (χ4v) is 2.80. The standard InChI is InChI=1S/C17H20F2N2/c1-2-20-17(13-4-5-13)14-7-8-21(11-14)10-12-3-6-15(18)16(19)9-12/h3,6-9,11,13,17,20H,2,4-5,10H2,1H3. The summed E-state index contributed by atoms with van der Waals surface area (Å²) in [6.45, 7) is 3.63. The molecule has 1 aliphatic carbocycles. The lowest BCUT2D eigenvalue weighted by Crippen LogP contribution is -2.22. The number of hydrogen-bond acceptors (Lipinski definition) is 1. The highest BCUT2D eigenvalue weighted by atomic mass is 19.2. The minimum Gasteiger partial charge on any atom is -0.350 e. The van der Waals surface area contributed by atoms with Gasteiger partial charge in [0.2, 0.25) is 0 Å². The molecule has 21 heavy (non-hydrogen) atoms. The van der Waals surface area contributed by atoms with Crippen molar-refractivity contribution in [3.05, 3.63) is 59.4 Å². The number of hydrogen-bond donors (Lipinski definition) is 1. The van der Waals surface area contributed by atoms with E-state index >= 15 is 0 Å². The molecule has 0 amide bonds. The highest BCUT2D eigenvalue weighted by Gasteiger charge is 2.31. The van der Waals surface area contributed by atoms with Crippen LogP contribution in [0.25, 0.3) is 0 Å². The summed E-state index contributed by atoms with van der Waals surface area (Å²) in [5.74, 6) is -0.847. The van der Waals surface area contributed by atoms with Crippen molar-refractivity contribution in [3.63, 3.8) is 0 Å². The Labute approximate surface area is 123 Å². The Morgan fingerprint density at radius 2 is 2.05 bits per heavy atom. The van der Waals surface area contributed by atoms with E-state index in [1.807, 2.05) is 10.8 Å². The van der Waals surface area contributed by atoms with Gasteiger partial charge in [0.25, 0.3) is 0 Å². The molecule has 0 radical (unpaired) electrons. The summed E-state index contributed by atoms with van der Waals surface area (Å²) in [4.78, 5) is 0. The average Bonchev–Trinajstić information content (AvgIpc) is 3.20. The molecule has 2 aromatic rings. The van der Waals surface area contributed by atoms with Crippen LogP contribution in [-0.4, -0.2) is 11.1 Å². The third-order valence-corrected chi connectivity index (χ3v) is 4.00. The van der Waals surface area contributed by atoms with E-state index in [2.05, 4.69) is 24.5 Å². The average molecular weight is 290 g/mol. The Hall–Kier alpha value is -1.68. The zero-order valence-electron chi connectivity index (χ0n) is 12.2. The van der Waals surface area contributed by atoms with E-state index in [0.29, 0.717) is 12.6 Å². The molecular weight excluding hydrogens is 270 g/mol. The maximum absolute atomic E-state index is 13.2. The second-order valence-electron chi connectivity index (χ2n) is 5.74. The predicted octanol–water partition coefficient (Wildman–Crippen LogP) is 3.88. The maximum Gasteiger partial charge on any atom is 0.159 e. The van der Waals surface area contributed by atoms with Crippen molar-refractivity contribution >= 4 is 0 Å². The zero-order chi connectivity index (χ0) is 14.8. The van der Waals surface area contributed by atoms with Crippen LogP contribution in [0.5, 0.6) is 0 Å². The van der Waals surface area contributed by atoms with Gasteiger partial charge in [0.05, 0.1) is 0 Å². The van der Waals surface area contributed by atoms with Crippen LogP contribution < -0.4 is 5.32 Å². The molecule has 0 bridgehead atoms. The normalized spacial score (nSPS) is 16.1. The Morgan fingerprint density at radius 1 is 1.24 bits per heavy atom. The van der Waals surface area contributed by atoms with E-state index in [1.54, 1.807) is 6.07 Å². The molecular formula is C17H20F2N2. The van der Waals surface area contributed by atoms with Gasteiger partial charge in [-0.05, 0) is 54.6 Å². The van der Waals surface area contributed by atoms with Gasteiger partial charge in [-0.1, -0.05) is 13.0 Å². The second-order valence-corrected chi connectivity index (χ2v) is 5.74. The van der Waals surface area contributed by atoms with Gasteiger partial charge in [0, 0.05) is 25.0 Å². The minimum absolute atomic E-state index is 0.418. The highest BCUT2D eigenvalue weighted by Crippen LogP contribution is 2.41. The summed E-state index contributed by atoms with van der Waals surface area (Å²) in [5, 5.41) is 3.53. The first-order valence-electron chi connectivity index (χ1n) is 7.50. The summed E-state index contributed by atoms with van der Waals surface area (Å²) in [6, 6.07) is 6.60. The lowest BCUT2D eigenvalue weighted by molar-refractivity contribution is 0.495. The van der Waals surface area contributed by atoms with Gasteiger partial charge in [-0.15, -0.1) is 0 Å². The van der Waals surface area contributed by atoms with Gasteiger partial charge in [0.1, 0.15) is 0 Å². The van der Waals surface area contributed by atoms with Crippen molar-refractivity contribution in [2.75, 3.05) is 6.54 Å². The fraction of sp³-hybridized carbons (Fsp3) is 0.412. The van der Waals surface area contributed by atoms with Crippen LogP contribution in [0.2, 0.25) is 0 Å². The van der Waals surface area contributed by atoms with Gasteiger partial charge < -0.3 is 9.88 Å².